The third kappa shape index (κ3) is 5.17. The zero-order valence-electron chi connectivity index (χ0n) is 16.4. The number of likely N-dealkylation sites (tertiary alicyclic amines) is 1. The SMILES string of the molecule is COc1ccc2cc([C@H](C)C(=O)OCCN3CCC(C)(S)CC3)ccc2c1. The summed E-state index contributed by atoms with van der Waals surface area (Å²) in [5.41, 5.74) is 0.974. The fourth-order valence-electron chi connectivity index (χ4n) is 3.43. The van der Waals surface area contributed by atoms with Crippen molar-refractivity contribution in [2.24, 2.45) is 0 Å². The van der Waals surface area contributed by atoms with Gasteiger partial charge in [-0.3, -0.25) is 9.69 Å². The molecule has 1 atom stereocenters. The Morgan fingerprint density at radius 3 is 2.56 bits per heavy atom. The van der Waals surface area contributed by atoms with Crippen molar-refractivity contribution in [1.82, 2.24) is 4.90 Å². The molecule has 2 aromatic rings. The van der Waals surface area contributed by atoms with Crippen molar-refractivity contribution in [2.45, 2.75) is 37.4 Å². The Kier molecular flexibility index (Phi) is 6.33. The lowest BCUT2D eigenvalue weighted by Gasteiger charge is -2.36. The van der Waals surface area contributed by atoms with Crippen molar-refractivity contribution in [3.05, 3.63) is 42.0 Å². The molecule has 0 unspecified atom stereocenters. The summed E-state index contributed by atoms with van der Waals surface area (Å²) >= 11 is 4.67. The molecular formula is C22H29NO3S. The fraction of sp³-hybridized carbons (Fsp3) is 0.500. The van der Waals surface area contributed by atoms with Crippen LogP contribution < -0.4 is 4.74 Å². The van der Waals surface area contributed by atoms with E-state index in [9.17, 15) is 4.79 Å². The number of hydrogen-bond donors (Lipinski definition) is 1. The lowest BCUT2D eigenvalue weighted by atomic mass is 9.97. The molecule has 1 saturated heterocycles. The number of esters is 1. The maximum absolute atomic E-state index is 12.5. The zero-order chi connectivity index (χ0) is 19.4. The van der Waals surface area contributed by atoms with Gasteiger partial charge in [0.05, 0.1) is 13.0 Å². The summed E-state index contributed by atoms with van der Waals surface area (Å²) in [5, 5.41) is 2.19. The number of rotatable bonds is 6. The Labute approximate surface area is 167 Å². The van der Waals surface area contributed by atoms with Crippen LogP contribution >= 0.6 is 12.6 Å². The number of carbonyl (C=O) groups is 1. The highest BCUT2D eigenvalue weighted by molar-refractivity contribution is 7.81. The van der Waals surface area contributed by atoms with E-state index >= 15 is 0 Å². The predicted octanol–water partition coefficient (Wildman–Crippen LogP) is 4.28. The van der Waals surface area contributed by atoms with Crippen LogP contribution in [-0.4, -0.2) is 49.0 Å². The first-order chi connectivity index (χ1) is 12.9. The van der Waals surface area contributed by atoms with Gasteiger partial charge < -0.3 is 9.47 Å². The summed E-state index contributed by atoms with van der Waals surface area (Å²) in [6.07, 6.45) is 2.14. The van der Waals surface area contributed by atoms with Gasteiger partial charge in [-0.1, -0.05) is 31.2 Å². The quantitative estimate of drug-likeness (QED) is 0.593. The number of benzene rings is 2. The summed E-state index contributed by atoms with van der Waals surface area (Å²) in [5.74, 6) is 0.385. The van der Waals surface area contributed by atoms with Crippen LogP contribution in [-0.2, 0) is 9.53 Å². The fourth-order valence-corrected chi connectivity index (χ4v) is 3.63. The number of hydrogen-bond acceptors (Lipinski definition) is 5. The molecule has 1 fully saturated rings. The lowest BCUT2D eigenvalue weighted by Crippen LogP contribution is -2.41. The van der Waals surface area contributed by atoms with E-state index in [4.69, 9.17) is 9.47 Å². The van der Waals surface area contributed by atoms with Gasteiger partial charge in [0.1, 0.15) is 12.4 Å². The van der Waals surface area contributed by atoms with E-state index in [-0.39, 0.29) is 16.6 Å². The molecule has 0 saturated carbocycles. The Bertz CT molecular complexity index is 795. The number of methoxy groups -OCH3 is 1. The predicted molar refractivity (Wildman–Crippen MR) is 113 cm³/mol. The van der Waals surface area contributed by atoms with E-state index in [1.54, 1.807) is 7.11 Å². The number of piperidine rings is 1. The van der Waals surface area contributed by atoms with E-state index in [0.717, 1.165) is 54.6 Å². The molecule has 3 rings (SSSR count). The summed E-state index contributed by atoms with van der Waals surface area (Å²) < 4.78 is 10.9. The smallest absolute Gasteiger partial charge is 0.313 e. The van der Waals surface area contributed by atoms with E-state index in [1.807, 2.05) is 37.3 Å². The summed E-state index contributed by atoms with van der Waals surface area (Å²) in [6, 6.07) is 12.0. The lowest BCUT2D eigenvalue weighted by molar-refractivity contribution is -0.145. The van der Waals surface area contributed by atoms with Crippen LogP contribution in [0.2, 0.25) is 0 Å². The largest absolute Gasteiger partial charge is 0.497 e. The number of carbonyl (C=O) groups excluding carboxylic acids is 1. The van der Waals surface area contributed by atoms with Gasteiger partial charge in [-0.2, -0.15) is 12.6 Å². The molecule has 1 aliphatic heterocycles. The van der Waals surface area contributed by atoms with Gasteiger partial charge in [-0.25, -0.2) is 0 Å². The van der Waals surface area contributed by atoms with Crippen molar-refractivity contribution in [1.29, 1.82) is 0 Å². The number of fused-ring (bicyclic) bond motifs is 1. The minimum atomic E-state index is -0.279. The molecule has 1 heterocycles. The molecule has 0 aliphatic carbocycles. The van der Waals surface area contributed by atoms with Crippen LogP contribution in [0.1, 0.15) is 38.2 Å². The van der Waals surface area contributed by atoms with Crippen LogP contribution in [0.3, 0.4) is 0 Å². The van der Waals surface area contributed by atoms with Crippen molar-refractivity contribution >= 4 is 29.4 Å². The van der Waals surface area contributed by atoms with Gasteiger partial charge in [-0.05, 0) is 61.3 Å². The topological polar surface area (TPSA) is 38.8 Å². The molecule has 146 valence electrons. The van der Waals surface area contributed by atoms with Gasteiger partial charge in [-0.15, -0.1) is 0 Å². The zero-order valence-corrected chi connectivity index (χ0v) is 17.3. The van der Waals surface area contributed by atoms with Gasteiger partial charge in [0.2, 0.25) is 0 Å². The molecule has 0 N–H and O–H groups in total. The van der Waals surface area contributed by atoms with Crippen molar-refractivity contribution in [3.8, 4) is 5.75 Å². The van der Waals surface area contributed by atoms with E-state index in [1.165, 1.54) is 0 Å². The Hall–Kier alpha value is -1.72. The molecule has 4 nitrogen and oxygen atoms in total. The molecule has 0 radical (unpaired) electrons. The molecular weight excluding hydrogens is 358 g/mol. The average molecular weight is 388 g/mol. The monoisotopic (exact) mass is 387 g/mol. The van der Waals surface area contributed by atoms with Gasteiger partial charge in [0.15, 0.2) is 0 Å². The Morgan fingerprint density at radius 1 is 1.19 bits per heavy atom. The van der Waals surface area contributed by atoms with E-state index < -0.39 is 0 Å². The van der Waals surface area contributed by atoms with Gasteiger partial charge >= 0.3 is 5.97 Å². The molecule has 5 heteroatoms. The van der Waals surface area contributed by atoms with Crippen molar-refractivity contribution in [2.75, 3.05) is 33.4 Å². The molecule has 0 spiro atoms. The second-order valence-corrected chi connectivity index (χ2v) is 8.78. The highest BCUT2D eigenvalue weighted by Gasteiger charge is 2.26. The number of nitrogens with zero attached hydrogens (tertiary/aromatic N) is 1. The second kappa shape index (κ2) is 8.53. The van der Waals surface area contributed by atoms with Gasteiger partial charge in [0, 0.05) is 11.3 Å². The molecule has 0 amide bonds. The van der Waals surface area contributed by atoms with E-state index in [0.29, 0.717) is 6.61 Å². The molecule has 2 aromatic carbocycles. The van der Waals surface area contributed by atoms with Crippen molar-refractivity contribution < 1.29 is 14.3 Å². The first kappa shape index (κ1) is 20.0. The van der Waals surface area contributed by atoms with Crippen molar-refractivity contribution in [3.63, 3.8) is 0 Å². The summed E-state index contributed by atoms with van der Waals surface area (Å²) in [6.45, 7) is 7.36. The Balaban J connectivity index is 1.53. The first-order valence-corrected chi connectivity index (χ1v) is 10.0. The average Bonchev–Trinajstić information content (AvgIpc) is 2.67. The summed E-state index contributed by atoms with van der Waals surface area (Å²) in [4.78, 5) is 14.8. The van der Waals surface area contributed by atoms with E-state index in [2.05, 4.69) is 30.5 Å². The second-order valence-electron chi connectivity index (χ2n) is 7.70. The summed E-state index contributed by atoms with van der Waals surface area (Å²) in [7, 11) is 1.66. The molecule has 0 bridgehead atoms. The van der Waals surface area contributed by atoms with Crippen LogP contribution in [0, 0.1) is 0 Å². The molecule has 0 aromatic heterocycles. The van der Waals surface area contributed by atoms with Crippen LogP contribution in [0.25, 0.3) is 10.8 Å². The van der Waals surface area contributed by atoms with Crippen LogP contribution in [0.5, 0.6) is 5.75 Å². The first-order valence-electron chi connectivity index (χ1n) is 9.57. The Morgan fingerprint density at radius 2 is 1.85 bits per heavy atom. The highest BCUT2D eigenvalue weighted by atomic mass is 32.1. The number of ether oxygens (including phenoxy) is 2. The van der Waals surface area contributed by atoms with Crippen LogP contribution in [0.15, 0.2) is 36.4 Å². The third-order valence-electron chi connectivity index (χ3n) is 5.51. The third-order valence-corrected chi connectivity index (χ3v) is 5.96. The minimum absolute atomic E-state index is 0.141. The normalized spacial score (nSPS) is 18.2. The minimum Gasteiger partial charge on any atom is -0.497 e. The maximum atomic E-state index is 12.5. The van der Waals surface area contributed by atoms with Crippen LogP contribution in [0.4, 0.5) is 0 Å². The maximum Gasteiger partial charge on any atom is 0.313 e. The standard InChI is InChI=1S/C22H29NO3S/c1-16(17-4-5-19-15-20(25-3)7-6-18(19)14-17)21(24)26-13-12-23-10-8-22(2,27)9-11-23/h4-7,14-16,27H,8-13H2,1-3H3/t16-/m0/s1. The molecule has 1 aliphatic rings. The molecule has 27 heavy (non-hydrogen) atoms. The van der Waals surface area contributed by atoms with Gasteiger partial charge in [0.25, 0.3) is 0 Å². The highest BCUT2D eigenvalue weighted by Crippen LogP contribution is 2.28. The number of thiol groups is 1.